The predicted octanol–water partition coefficient (Wildman–Crippen LogP) is 2.51. The maximum atomic E-state index is 5.19. The van der Waals surface area contributed by atoms with E-state index in [-0.39, 0.29) is 0 Å². The van der Waals surface area contributed by atoms with Crippen molar-refractivity contribution in [3.8, 4) is 0 Å². The molecular formula is C23H31N7O. The second-order valence-electron chi connectivity index (χ2n) is 7.82. The van der Waals surface area contributed by atoms with E-state index in [4.69, 9.17) is 9.52 Å². The number of aliphatic imine (C=N–C) groups is 1. The summed E-state index contributed by atoms with van der Waals surface area (Å²) in [5.41, 5.74) is 2.26. The third kappa shape index (κ3) is 5.73. The van der Waals surface area contributed by atoms with E-state index in [1.807, 2.05) is 31.5 Å². The lowest BCUT2D eigenvalue weighted by molar-refractivity contribution is 0.169. The van der Waals surface area contributed by atoms with E-state index in [2.05, 4.69) is 61.0 Å². The van der Waals surface area contributed by atoms with Crippen molar-refractivity contribution in [1.29, 1.82) is 0 Å². The minimum absolute atomic E-state index is 0.556. The molecule has 1 fully saturated rings. The molecule has 0 saturated carbocycles. The first-order valence-electron chi connectivity index (χ1n) is 10.9. The summed E-state index contributed by atoms with van der Waals surface area (Å²) in [5.74, 6) is 2.79. The van der Waals surface area contributed by atoms with Crippen LogP contribution in [0.25, 0.3) is 0 Å². The maximum absolute atomic E-state index is 5.19. The molecule has 1 aliphatic rings. The molecule has 8 heteroatoms. The van der Waals surface area contributed by atoms with Gasteiger partial charge in [-0.15, -0.1) is 0 Å². The zero-order valence-corrected chi connectivity index (χ0v) is 18.4. The highest BCUT2D eigenvalue weighted by Gasteiger charge is 2.20. The highest BCUT2D eigenvalue weighted by atomic mass is 16.5. The number of nitrogens with zero attached hydrogens (tertiary/aromatic N) is 6. The van der Waals surface area contributed by atoms with Crippen molar-refractivity contribution >= 4 is 5.96 Å². The summed E-state index contributed by atoms with van der Waals surface area (Å²) in [5, 5.41) is 7.56. The minimum Gasteiger partial charge on any atom is -0.361 e. The summed E-state index contributed by atoms with van der Waals surface area (Å²) < 4.78 is 7.35. The monoisotopic (exact) mass is 421 g/mol. The molecule has 0 atom stereocenters. The molecular weight excluding hydrogens is 390 g/mol. The fraction of sp³-hybridized carbons (Fsp3) is 0.435. The lowest BCUT2D eigenvalue weighted by Gasteiger charge is -2.36. The number of benzene rings is 1. The maximum Gasteiger partial charge on any atom is 0.194 e. The highest BCUT2D eigenvalue weighted by molar-refractivity contribution is 5.80. The van der Waals surface area contributed by atoms with Crippen LogP contribution in [-0.4, -0.2) is 63.2 Å². The summed E-state index contributed by atoms with van der Waals surface area (Å²) in [7, 11) is 0. The van der Waals surface area contributed by atoms with Gasteiger partial charge in [-0.05, 0) is 19.4 Å². The molecule has 31 heavy (non-hydrogen) atoms. The topological polar surface area (TPSA) is 74.7 Å². The Morgan fingerprint density at radius 1 is 1.13 bits per heavy atom. The summed E-state index contributed by atoms with van der Waals surface area (Å²) in [6.07, 6.45) is 3.88. The number of imidazole rings is 1. The van der Waals surface area contributed by atoms with Gasteiger partial charge in [0.1, 0.15) is 18.1 Å². The van der Waals surface area contributed by atoms with Crippen LogP contribution in [0.4, 0.5) is 0 Å². The lowest BCUT2D eigenvalue weighted by atomic mass is 10.2. The Labute approximate surface area is 183 Å². The number of hydrogen-bond acceptors (Lipinski definition) is 5. The number of rotatable bonds is 7. The number of piperazine rings is 1. The molecule has 0 unspecified atom stereocenters. The van der Waals surface area contributed by atoms with Crippen LogP contribution in [-0.2, 0) is 19.6 Å². The van der Waals surface area contributed by atoms with Crippen molar-refractivity contribution in [3.05, 3.63) is 71.6 Å². The smallest absolute Gasteiger partial charge is 0.194 e. The third-order valence-corrected chi connectivity index (χ3v) is 5.44. The Kier molecular flexibility index (Phi) is 6.99. The summed E-state index contributed by atoms with van der Waals surface area (Å²) in [6, 6.07) is 12.5. The molecule has 164 valence electrons. The highest BCUT2D eigenvalue weighted by Crippen LogP contribution is 2.10. The van der Waals surface area contributed by atoms with E-state index in [0.717, 1.165) is 69.1 Å². The number of hydrogen-bond donors (Lipinski definition) is 1. The van der Waals surface area contributed by atoms with Crippen LogP contribution in [0.3, 0.4) is 0 Å². The second kappa shape index (κ2) is 10.3. The van der Waals surface area contributed by atoms with Crippen molar-refractivity contribution in [3.63, 3.8) is 0 Å². The van der Waals surface area contributed by atoms with Crippen LogP contribution in [0.1, 0.15) is 29.8 Å². The number of nitrogens with one attached hydrogen (secondary N) is 1. The van der Waals surface area contributed by atoms with E-state index in [9.17, 15) is 0 Å². The fourth-order valence-corrected chi connectivity index (χ4v) is 3.83. The molecule has 0 spiro atoms. The predicted molar refractivity (Wildman–Crippen MR) is 121 cm³/mol. The Morgan fingerprint density at radius 3 is 2.65 bits per heavy atom. The molecule has 0 amide bonds. The van der Waals surface area contributed by atoms with Gasteiger partial charge in [0, 0.05) is 64.3 Å². The molecule has 0 bridgehead atoms. The fourth-order valence-electron chi connectivity index (χ4n) is 3.83. The van der Waals surface area contributed by atoms with Crippen molar-refractivity contribution in [1.82, 2.24) is 29.8 Å². The van der Waals surface area contributed by atoms with Gasteiger partial charge in [-0.2, -0.15) is 0 Å². The van der Waals surface area contributed by atoms with Crippen LogP contribution in [0.2, 0.25) is 0 Å². The van der Waals surface area contributed by atoms with E-state index in [1.165, 1.54) is 5.56 Å². The van der Waals surface area contributed by atoms with Gasteiger partial charge in [0.05, 0.1) is 5.69 Å². The van der Waals surface area contributed by atoms with Crippen LogP contribution >= 0.6 is 0 Å². The van der Waals surface area contributed by atoms with E-state index in [1.54, 1.807) is 0 Å². The van der Waals surface area contributed by atoms with Gasteiger partial charge in [-0.3, -0.25) is 4.90 Å². The van der Waals surface area contributed by atoms with Gasteiger partial charge in [-0.25, -0.2) is 9.98 Å². The molecule has 8 nitrogen and oxygen atoms in total. The largest absolute Gasteiger partial charge is 0.361 e. The Morgan fingerprint density at radius 2 is 1.94 bits per heavy atom. The van der Waals surface area contributed by atoms with Gasteiger partial charge in [-0.1, -0.05) is 35.5 Å². The van der Waals surface area contributed by atoms with Crippen molar-refractivity contribution in [2.75, 3.05) is 32.7 Å². The SMILES string of the molecule is CCNC(=NCc1nccn1Cc1ccccc1)N1CCN(Cc2cc(C)on2)CC1. The zero-order valence-electron chi connectivity index (χ0n) is 18.4. The number of aryl methyl sites for hydroxylation is 1. The normalized spacial score (nSPS) is 15.4. The lowest BCUT2D eigenvalue weighted by Crippen LogP contribution is -2.52. The molecule has 3 heterocycles. The Bertz CT molecular complexity index is 971. The molecule has 3 aromatic rings. The first-order valence-corrected chi connectivity index (χ1v) is 10.9. The van der Waals surface area contributed by atoms with E-state index < -0.39 is 0 Å². The first-order chi connectivity index (χ1) is 15.2. The summed E-state index contributed by atoms with van der Waals surface area (Å²) >= 11 is 0. The summed E-state index contributed by atoms with van der Waals surface area (Å²) in [4.78, 5) is 14.2. The van der Waals surface area contributed by atoms with E-state index >= 15 is 0 Å². The average Bonchev–Trinajstić information content (AvgIpc) is 3.41. The molecule has 0 radical (unpaired) electrons. The van der Waals surface area contributed by atoms with Crippen LogP contribution in [0.15, 0.2) is 58.3 Å². The third-order valence-electron chi connectivity index (χ3n) is 5.44. The average molecular weight is 422 g/mol. The van der Waals surface area contributed by atoms with Gasteiger partial charge in [0.15, 0.2) is 5.96 Å². The summed E-state index contributed by atoms with van der Waals surface area (Å²) in [6.45, 7) is 10.9. The van der Waals surface area contributed by atoms with Gasteiger partial charge in [0.25, 0.3) is 0 Å². The van der Waals surface area contributed by atoms with Crippen molar-refractivity contribution in [2.45, 2.75) is 33.5 Å². The van der Waals surface area contributed by atoms with Crippen molar-refractivity contribution in [2.24, 2.45) is 4.99 Å². The minimum atomic E-state index is 0.556. The molecule has 1 aliphatic heterocycles. The second-order valence-corrected chi connectivity index (χ2v) is 7.82. The molecule has 4 rings (SSSR count). The number of guanidine groups is 1. The standard InChI is InChI=1S/C23H31N7O/c1-3-24-23(29-13-11-28(12-14-29)18-21-15-19(2)31-27-21)26-16-22-25-9-10-30(22)17-20-7-5-4-6-8-20/h4-10,15H,3,11-14,16-18H2,1-2H3,(H,24,26). The zero-order chi connectivity index (χ0) is 21.5. The molecule has 1 aromatic carbocycles. The number of aromatic nitrogens is 3. The molecule has 0 aliphatic carbocycles. The Hall–Kier alpha value is -3.13. The quantitative estimate of drug-likeness (QED) is 0.467. The first kappa shape index (κ1) is 21.1. The van der Waals surface area contributed by atoms with Crippen LogP contribution in [0, 0.1) is 6.92 Å². The van der Waals surface area contributed by atoms with Gasteiger partial charge >= 0.3 is 0 Å². The molecule has 2 aromatic heterocycles. The van der Waals surface area contributed by atoms with Crippen molar-refractivity contribution < 1.29 is 4.52 Å². The van der Waals surface area contributed by atoms with Gasteiger partial charge in [0.2, 0.25) is 0 Å². The Balaban J connectivity index is 1.35. The van der Waals surface area contributed by atoms with Gasteiger partial charge < -0.3 is 19.3 Å². The van der Waals surface area contributed by atoms with E-state index in [0.29, 0.717) is 6.54 Å². The van der Waals surface area contributed by atoms with Crippen LogP contribution < -0.4 is 5.32 Å². The molecule has 1 N–H and O–H groups in total. The molecule has 1 saturated heterocycles. The van der Waals surface area contributed by atoms with Crippen LogP contribution in [0.5, 0.6) is 0 Å².